The van der Waals surface area contributed by atoms with Crippen LogP contribution in [-0.2, 0) is 15.4 Å². The maximum atomic E-state index is 13.2. The molecule has 3 aromatic carbocycles. The van der Waals surface area contributed by atoms with Crippen LogP contribution < -0.4 is 5.43 Å². The highest BCUT2D eigenvalue weighted by atomic mass is 16.7. The fourth-order valence-corrected chi connectivity index (χ4v) is 4.14. The third-order valence-corrected chi connectivity index (χ3v) is 5.67. The van der Waals surface area contributed by atoms with Crippen LogP contribution in [0.3, 0.4) is 0 Å². The van der Waals surface area contributed by atoms with Crippen LogP contribution in [0.1, 0.15) is 43.7 Å². The Morgan fingerprint density at radius 2 is 1.52 bits per heavy atom. The minimum Gasteiger partial charge on any atom is -0.476 e. The van der Waals surface area contributed by atoms with Crippen LogP contribution in [0.25, 0.3) is 0 Å². The molecule has 1 aliphatic rings. The summed E-state index contributed by atoms with van der Waals surface area (Å²) in [4.78, 5) is 31.6. The number of aliphatic carboxylic acids is 1. The molecule has 0 bridgehead atoms. The molecule has 3 aromatic rings. The van der Waals surface area contributed by atoms with Gasteiger partial charge in [-0.1, -0.05) is 70.9 Å². The number of aryl methyl sites for hydroxylation is 4. The lowest BCUT2D eigenvalue weighted by Gasteiger charge is -2.34. The molecule has 1 aliphatic heterocycles. The number of amidine groups is 1. The first-order chi connectivity index (χ1) is 15.7. The molecule has 168 valence electrons. The molecule has 7 heteroatoms. The van der Waals surface area contributed by atoms with Gasteiger partial charge in [-0.15, -0.1) is 0 Å². The predicted molar refractivity (Wildman–Crippen MR) is 125 cm³/mol. The van der Waals surface area contributed by atoms with Crippen molar-refractivity contribution in [3.63, 3.8) is 0 Å². The summed E-state index contributed by atoms with van der Waals surface area (Å²) in [6.07, 6.45) is 0. The van der Waals surface area contributed by atoms with Gasteiger partial charge in [0, 0.05) is 16.7 Å². The SMILES string of the molecule is Cc1ccc(C(=O)NN2C(c3c(C)cc(C)cc3C)=NOC2(C(=O)O)c2ccccc2)cc1. The second-order valence-electron chi connectivity index (χ2n) is 8.24. The largest absolute Gasteiger partial charge is 0.476 e. The number of rotatable bonds is 5. The first-order valence-electron chi connectivity index (χ1n) is 10.5. The van der Waals surface area contributed by atoms with Crippen LogP contribution in [0.4, 0.5) is 0 Å². The summed E-state index contributed by atoms with van der Waals surface area (Å²) in [6.45, 7) is 7.75. The molecule has 33 heavy (non-hydrogen) atoms. The molecule has 1 heterocycles. The number of carboxylic acid groups (broad SMARTS) is 1. The molecule has 0 saturated carbocycles. The molecule has 7 nitrogen and oxygen atoms in total. The quantitative estimate of drug-likeness (QED) is 0.617. The van der Waals surface area contributed by atoms with Crippen molar-refractivity contribution < 1.29 is 19.5 Å². The third-order valence-electron chi connectivity index (χ3n) is 5.67. The average molecular weight is 444 g/mol. The van der Waals surface area contributed by atoms with Crippen LogP contribution in [0.5, 0.6) is 0 Å². The summed E-state index contributed by atoms with van der Waals surface area (Å²) >= 11 is 0. The van der Waals surface area contributed by atoms with Crippen molar-refractivity contribution in [1.82, 2.24) is 10.4 Å². The van der Waals surface area contributed by atoms with Gasteiger partial charge in [-0.3, -0.25) is 10.2 Å². The molecule has 1 unspecified atom stereocenters. The summed E-state index contributed by atoms with van der Waals surface area (Å²) in [6, 6.07) is 19.4. The van der Waals surface area contributed by atoms with Gasteiger partial charge in [-0.2, -0.15) is 0 Å². The van der Waals surface area contributed by atoms with Gasteiger partial charge in [0.1, 0.15) is 0 Å². The van der Waals surface area contributed by atoms with Crippen LogP contribution in [0.15, 0.2) is 71.9 Å². The molecule has 2 N–H and O–H groups in total. The number of amides is 1. The Morgan fingerprint density at radius 3 is 2.09 bits per heavy atom. The normalized spacial score (nSPS) is 17.3. The topological polar surface area (TPSA) is 91.2 Å². The lowest BCUT2D eigenvalue weighted by molar-refractivity contribution is -0.186. The van der Waals surface area contributed by atoms with E-state index in [0.717, 1.165) is 22.3 Å². The number of nitrogens with zero attached hydrogens (tertiary/aromatic N) is 2. The highest BCUT2D eigenvalue weighted by Gasteiger charge is 2.56. The van der Waals surface area contributed by atoms with Gasteiger partial charge in [0.2, 0.25) is 0 Å². The maximum Gasteiger partial charge on any atom is 0.379 e. The Labute approximate surface area is 192 Å². The van der Waals surface area contributed by atoms with Crippen molar-refractivity contribution in [2.24, 2.45) is 5.16 Å². The lowest BCUT2D eigenvalue weighted by Crippen LogP contribution is -2.59. The van der Waals surface area contributed by atoms with E-state index in [1.54, 1.807) is 42.5 Å². The van der Waals surface area contributed by atoms with E-state index < -0.39 is 17.6 Å². The Hall–Kier alpha value is -4.13. The lowest BCUT2D eigenvalue weighted by atomic mass is 9.96. The summed E-state index contributed by atoms with van der Waals surface area (Å²) in [5, 5.41) is 15.8. The van der Waals surface area contributed by atoms with Gasteiger partial charge < -0.3 is 9.94 Å². The van der Waals surface area contributed by atoms with E-state index in [4.69, 9.17) is 4.84 Å². The number of hydrogen-bond acceptors (Lipinski definition) is 5. The Bertz CT molecular complexity index is 1230. The number of hydrogen-bond donors (Lipinski definition) is 2. The Morgan fingerprint density at radius 1 is 0.909 bits per heavy atom. The second-order valence-corrected chi connectivity index (χ2v) is 8.24. The number of carbonyl (C=O) groups excluding carboxylic acids is 1. The fourth-order valence-electron chi connectivity index (χ4n) is 4.14. The Balaban J connectivity index is 1.86. The van der Waals surface area contributed by atoms with Gasteiger partial charge in [0.05, 0.1) is 0 Å². The smallest absolute Gasteiger partial charge is 0.379 e. The van der Waals surface area contributed by atoms with E-state index in [-0.39, 0.29) is 5.84 Å². The average Bonchev–Trinajstić information content (AvgIpc) is 3.14. The summed E-state index contributed by atoms with van der Waals surface area (Å²) in [5.74, 6) is -1.56. The van der Waals surface area contributed by atoms with Crippen molar-refractivity contribution >= 4 is 17.7 Å². The summed E-state index contributed by atoms with van der Waals surface area (Å²) in [7, 11) is 0. The Kier molecular flexibility index (Phi) is 5.64. The van der Waals surface area contributed by atoms with Crippen molar-refractivity contribution in [2.75, 3.05) is 0 Å². The zero-order valence-corrected chi connectivity index (χ0v) is 18.9. The molecule has 0 saturated heterocycles. The van der Waals surface area contributed by atoms with E-state index in [2.05, 4.69) is 10.6 Å². The van der Waals surface area contributed by atoms with Gasteiger partial charge in [-0.25, -0.2) is 9.80 Å². The first kappa shape index (κ1) is 22.1. The zero-order valence-electron chi connectivity index (χ0n) is 18.9. The van der Waals surface area contributed by atoms with Crippen LogP contribution in [0, 0.1) is 27.7 Å². The van der Waals surface area contributed by atoms with E-state index in [9.17, 15) is 14.7 Å². The fraction of sp³-hybridized carbons (Fsp3) is 0.192. The maximum absolute atomic E-state index is 13.2. The molecular formula is C26H25N3O4. The number of oxime groups is 1. The standard InChI is InChI=1S/C26H25N3O4/c1-16-10-12-20(13-11-16)24(30)27-29-23(22-18(3)14-17(2)15-19(22)4)28-33-26(29,25(31)32)21-8-6-5-7-9-21/h5-15H,1-4H3,(H,27,30)(H,31,32). The van der Waals surface area contributed by atoms with Crippen LogP contribution in [-0.4, -0.2) is 27.8 Å². The number of nitrogens with one attached hydrogen (secondary N) is 1. The first-order valence-corrected chi connectivity index (χ1v) is 10.5. The number of hydrazine groups is 1. The van der Waals surface area contributed by atoms with Gasteiger partial charge in [0.15, 0.2) is 5.84 Å². The number of benzene rings is 3. The zero-order chi connectivity index (χ0) is 23.8. The van der Waals surface area contributed by atoms with Crippen LogP contribution >= 0.6 is 0 Å². The monoisotopic (exact) mass is 443 g/mol. The summed E-state index contributed by atoms with van der Waals surface area (Å²) < 4.78 is 0. The van der Waals surface area contributed by atoms with Crippen molar-refractivity contribution in [3.8, 4) is 0 Å². The van der Waals surface area contributed by atoms with Crippen molar-refractivity contribution in [2.45, 2.75) is 33.4 Å². The van der Waals surface area contributed by atoms with E-state index in [1.165, 1.54) is 5.01 Å². The third kappa shape index (κ3) is 3.82. The molecule has 4 rings (SSSR count). The van der Waals surface area contributed by atoms with Crippen LogP contribution in [0.2, 0.25) is 0 Å². The number of carbonyl (C=O) groups is 2. The van der Waals surface area contributed by atoms with E-state index in [1.807, 2.05) is 52.0 Å². The molecular weight excluding hydrogens is 418 g/mol. The molecule has 1 atom stereocenters. The highest BCUT2D eigenvalue weighted by Crippen LogP contribution is 2.37. The highest BCUT2D eigenvalue weighted by molar-refractivity contribution is 6.06. The molecule has 1 amide bonds. The predicted octanol–water partition coefficient (Wildman–Crippen LogP) is 4.20. The second kappa shape index (κ2) is 8.43. The molecule has 0 spiro atoms. The molecule has 0 aromatic heterocycles. The number of carboxylic acids is 1. The molecule has 0 fully saturated rings. The van der Waals surface area contributed by atoms with Gasteiger partial charge >= 0.3 is 11.7 Å². The summed E-state index contributed by atoms with van der Waals surface area (Å²) in [5.41, 5.74) is 5.95. The van der Waals surface area contributed by atoms with Gasteiger partial charge in [-0.05, 0) is 51.0 Å². The molecule has 0 radical (unpaired) electrons. The van der Waals surface area contributed by atoms with E-state index in [0.29, 0.717) is 16.7 Å². The minimum atomic E-state index is -2.07. The van der Waals surface area contributed by atoms with Crippen molar-refractivity contribution in [3.05, 3.63) is 106 Å². The van der Waals surface area contributed by atoms with E-state index >= 15 is 0 Å². The van der Waals surface area contributed by atoms with Gasteiger partial charge in [0.25, 0.3) is 5.91 Å². The van der Waals surface area contributed by atoms with Crippen molar-refractivity contribution in [1.29, 1.82) is 0 Å². The minimum absolute atomic E-state index is 0.219. The molecule has 0 aliphatic carbocycles.